The first-order valence-corrected chi connectivity index (χ1v) is 6.84. The minimum atomic E-state index is 0.569. The van der Waals surface area contributed by atoms with Crippen molar-refractivity contribution in [1.82, 2.24) is 4.90 Å². The van der Waals surface area contributed by atoms with Gasteiger partial charge in [-0.1, -0.05) is 26.2 Å². The third-order valence-corrected chi connectivity index (χ3v) is 3.80. The van der Waals surface area contributed by atoms with Crippen LogP contribution in [0.25, 0.3) is 0 Å². The predicted molar refractivity (Wildman–Crippen MR) is 69.6 cm³/mol. The van der Waals surface area contributed by atoms with Crippen LogP contribution in [0, 0.1) is 0 Å². The number of hydrogen-bond acceptors (Lipinski definition) is 3. The Labute approximate surface area is 104 Å². The molecular weight excluding hydrogens is 212 g/mol. The first kappa shape index (κ1) is 12.7. The van der Waals surface area contributed by atoms with E-state index in [1.54, 1.807) is 6.26 Å². The Hall–Kier alpha value is -0.800. The molecule has 2 rings (SSSR count). The number of nitrogens with zero attached hydrogens (tertiary/aromatic N) is 1. The Kier molecular flexibility index (Phi) is 4.63. The minimum Gasteiger partial charge on any atom is -0.468 e. The van der Waals surface area contributed by atoms with E-state index in [4.69, 9.17) is 10.2 Å². The lowest BCUT2D eigenvalue weighted by atomic mass is 9.94. The van der Waals surface area contributed by atoms with Gasteiger partial charge in [0, 0.05) is 18.2 Å². The fourth-order valence-electron chi connectivity index (χ4n) is 2.76. The molecule has 17 heavy (non-hydrogen) atoms. The largest absolute Gasteiger partial charge is 0.468 e. The van der Waals surface area contributed by atoms with Gasteiger partial charge in [0.2, 0.25) is 0 Å². The number of hydrogen-bond donors (Lipinski definition) is 1. The maximum atomic E-state index is 5.60. The average Bonchev–Trinajstić information content (AvgIpc) is 2.84. The zero-order valence-corrected chi connectivity index (χ0v) is 10.8. The van der Waals surface area contributed by atoms with Crippen molar-refractivity contribution in [2.75, 3.05) is 6.54 Å². The molecule has 0 saturated heterocycles. The standard InChI is InChI=1S/C14H24N2O/c1-2-16(13-6-4-3-5-7-13)10-14-8-12(9-15)11-17-14/h8,11,13H,2-7,9-10,15H2,1H3. The SMILES string of the molecule is CCN(Cc1cc(CN)co1)C1CCCCC1. The third kappa shape index (κ3) is 3.33. The van der Waals surface area contributed by atoms with Crippen LogP contribution < -0.4 is 5.73 Å². The van der Waals surface area contributed by atoms with Crippen molar-refractivity contribution in [3.8, 4) is 0 Å². The molecule has 3 nitrogen and oxygen atoms in total. The highest BCUT2D eigenvalue weighted by atomic mass is 16.3. The van der Waals surface area contributed by atoms with Crippen molar-refractivity contribution in [1.29, 1.82) is 0 Å². The van der Waals surface area contributed by atoms with Gasteiger partial charge in [-0.2, -0.15) is 0 Å². The maximum Gasteiger partial charge on any atom is 0.118 e. The van der Waals surface area contributed by atoms with Crippen LogP contribution in [0.1, 0.15) is 50.4 Å². The Bertz CT molecular complexity index is 329. The summed E-state index contributed by atoms with van der Waals surface area (Å²) in [6.45, 7) is 4.84. The maximum absolute atomic E-state index is 5.60. The molecule has 1 aromatic rings. The molecule has 1 aromatic heterocycles. The summed E-state index contributed by atoms with van der Waals surface area (Å²) >= 11 is 0. The van der Waals surface area contributed by atoms with Crippen molar-refractivity contribution in [2.24, 2.45) is 5.73 Å². The lowest BCUT2D eigenvalue weighted by Gasteiger charge is -2.32. The smallest absolute Gasteiger partial charge is 0.118 e. The Morgan fingerprint density at radius 2 is 2.12 bits per heavy atom. The van der Waals surface area contributed by atoms with Crippen LogP contribution in [0.15, 0.2) is 16.7 Å². The van der Waals surface area contributed by atoms with Gasteiger partial charge < -0.3 is 10.2 Å². The highest BCUT2D eigenvalue weighted by Crippen LogP contribution is 2.24. The summed E-state index contributed by atoms with van der Waals surface area (Å²) in [6.07, 6.45) is 8.65. The molecule has 1 fully saturated rings. The van der Waals surface area contributed by atoms with Crippen molar-refractivity contribution < 1.29 is 4.42 Å². The number of nitrogens with two attached hydrogens (primary N) is 1. The van der Waals surface area contributed by atoms with Crippen LogP contribution in [-0.2, 0) is 13.1 Å². The first-order valence-electron chi connectivity index (χ1n) is 6.84. The van der Waals surface area contributed by atoms with Gasteiger partial charge in [0.1, 0.15) is 5.76 Å². The average molecular weight is 236 g/mol. The molecule has 1 saturated carbocycles. The van der Waals surface area contributed by atoms with E-state index in [9.17, 15) is 0 Å². The van der Waals surface area contributed by atoms with E-state index < -0.39 is 0 Å². The molecule has 0 radical (unpaired) electrons. The summed E-state index contributed by atoms with van der Waals surface area (Å²) in [7, 11) is 0. The number of rotatable bonds is 5. The number of furan rings is 1. The van der Waals surface area contributed by atoms with Crippen molar-refractivity contribution in [3.63, 3.8) is 0 Å². The second-order valence-electron chi connectivity index (χ2n) is 4.98. The van der Waals surface area contributed by atoms with Crippen molar-refractivity contribution in [3.05, 3.63) is 23.7 Å². The van der Waals surface area contributed by atoms with Gasteiger partial charge in [-0.05, 0) is 25.5 Å². The molecule has 1 aliphatic rings. The van der Waals surface area contributed by atoms with Gasteiger partial charge in [-0.3, -0.25) is 4.90 Å². The van der Waals surface area contributed by atoms with Gasteiger partial charge in [-0.25, -0.2) is 0 Å². The highest BCUT2D eigenvalue weighted by Gasteiger charge is 2.20. The summed E-state index contributed by atoms with van der Waals surface area (Å²) in [6, 6.07) is 2.84. The van der Waals surface area contributed by atoms with Gasteiger partial charge in [0.25, 0.3) is 0 Å². The fourth-order valence-corrected chi connectivity index (χ4v) is 2.76. The monoisotopic (exact) mass is 236 g/mol. The molecule has 0 unspecified atom stereocenters. The summed E-state index contributed by atoms with van der Waals surface area (Å²) < 4.78 is 5.56. The summed E-state index contributed by atoms with van der Waals surface area (Å²) in [5, 5.41) is 0. The van der Waals surface area contributed by atoms with E-state index in [1.807, 2.05) is 0 Å². The lowest BCUT2D eigenvalue weighted by molar-refractivity contribution is 0.145. The van der Waals surface area contributed by atoms with E-state index in [2.05, 4.69) is 17.9 Å². The molecule has 96 valence electrons. The van der Waals surface area contributed by atoms with Crippen LogP contribution in [-0.4, -0.2) is 17.5 Å². The molecule has 0 atom stereocenters. The van der Waals surface area contributed by atoms with Crippen molar-refractivity contribution in [2.45, 2.75) is 58.2 Å². The van der Waals surface area contributed by atoms with Crippen LogP contribution in [0.3, 0.4) is 0 Å². The molecule has 0 spiro atoms. The van der Waals surface area contributed by atoms with E-state index in [-0.39, 0.29) is 0 Å². The molecular formula is C14H24N2O. The second-order valence-corrected chi connectivity index (χ2v) is 4.98. The zero-order valence-electron chi connectivity index (χ0n) is 10.8. The molecule has 0 amide bonds. The Balaban J connectivity index is 1.93. The molecule has 3 heteroatoms. The lowest BCUT2D eigenvalue weighted by Crippen LogP contribution is -2.35. The van der Waals surface area contributed by atoms with Crippen LogP contribution in [0.2, 0.25) is 0 Å². The molecule has 0 bridgehead atoms. The van der Waals surface area contributed by atoms with Crippen LogP contribution >= 0.6 is 0 Å². The van der Waals surface area contributed by atoms with Crippen LogP contribution in [0.4, 0.5) is 0 Å². The minimum absolute atomic E-state index is 0.569. The summed E-state index contributed by atoms with van der Waals surface area (Å²) in [5.41, 5.74) is 6.69. The highest BCUT2D eigenvalue weighted by molar-refractivity contribution is 5.12. The van der Waals surface area contributed by atoms with Gasteiger partial charge in [-0.15, -0.1) is 0 Å². The first-order chi connectivity index (χ1) is 8.33. The fraction of sp³-hybridized carbons (Fsp3) is 0.714. The molecule has 1 heterocycles. The van der Waals surface area contributed by atoms with Gasteiger partial charge in [0.05, 0.1) is 12.8 Å². The van der Waals surface area contributed by atoms with E-state index in [0.717, 1.165) is 30.5 Å². The normalized spacial score (nSPS) is 17.8. The summed E-state index contributed by atoms with van der Waals surface area (Å²) in [4.78, 5) is 2.54. The third-order valence-electron chi connectivity index (χ3n) is 3.80. The van der Waals surface area contributed by atoms with E-state index in [1.165, 1.54) is 32.1 Å². The molecule has 1 aliphatic carbocycles. The zero-order chi connectivity index (χ0) is 12.1. The van der Waals surface area contributed by atoms with E-state index >= 15 is 0 Å². The molecule has 2 N–H and O–H groups in total. The van der Waals surface area contributed by atoms with Gasteiger partial charge in [0.15, 0.2) is 0 Å². The van der Waals surface area contributed by atoms with Crippen LogP contribution in [0.5, 0.6) is 0 Å². The van der Waals surface area contributed by atoms with Crippen molar-refractivity contribution >= 4 is 0 Å². The quantitative estimate of drug-likeness (QED) is 0.854. The topological polar surface area (TPSA) is 42.4 Å². The summed E-state index contributed by atoms with van der Waals surface area (Å²) in [5.74, 6) is 1.05. The van der Waals surface area contributed by atoms with E-state index in [0.29, 0.717) is 6.54 Å². The molecule has 0 aromatic carbocycles. The second kappa shape index (κ2) is 6.22. The molecule has 0 aliphatic heterocycles. The van der Waals surface area contributed by atoms with Gasteiger partial charge >= 0.3 is 0 Å². The Morgan fingerprint density at radius 1 is 1.35 bits per heavy atom. The predicted octanol–water partition coefficient (Wildman–Crippen LogP) is 2.89. The Morgan fingerprint density at radius 3 is 2.71 bits per heavy atom.